The highest BCUT2D eigenvalue weighted by molar-refractivity contribution is 7.92. The van der Waals surface area contributed by atoms with E-state index in [1.807, 2.05) is 20.8 Å². The number of hydrogen-bond acceptors (Lipinski definition) is 4. The molecule has 0 bridgehead atoms. The van der Waals surface area contributed by atoms with Gasteiger partial charge in [-0.05, 0) is 69.7 Å². The van der Waals surface area contributed by atoms with E-state index in [-0.39, 0.29) is 28.7 Å². The lowest BCUT2D eigenvalue weighted by molar-refractivity contribution is -0.139. The number of hydrogen-bond donors (Lipinski definition) is 1. The topological polar surface area (TPSA) is 86.8 Å². The Morgan fingerprint density at radius 2 is 1.54 bits per heavy atom. The summed E-state index contributed by atoms with van der Waals surface area (Å²) in [6.45, 7) is 6.15. The molecule has 0 unspecified atom stereocenters. The summed E-state index contributed by atoms with van der Waals surface area (Å²) in [7, 11) is -4.32. The highest BCUT2D eigenvalue weighted by atomic mass is 32.2. The van der Waals surface area contributed by atoms with Crippen LogP contribution in [-0.4, -0.2) is 43.8 Å². The molecule has 0 saturated carbocycles. The fraction of sp³-hybridized carbons (Fsp3) is 0.310. The van der Waals surface area contributed by atoms with Gasteiger partial charge in [0.1, 0.15) is 24.2 Å². The number of sulfonamides is 1. The largest absolute Gasteiger partial charge is 0.352 e. The average Bonchev–Trinajstić information content (AvgIpc) is 2.91. The average molecular weight is 558 g/mol. The van der Waals surface area contributed by atoms with Crippen LogP contribution >= 0.6 is 0 Å². The van der Waals surface area contributed by atoms with Crippen molar-refractivity contribution in [2.45, 2.75) is 57.6 Å². The predicted octanol–water partition coefficient (Wildman–Crippen LogP) is 4.80. The van der Waals surface area contributed by atoms with E-state index in [2.05, 4.69) is 5.32 Å². The van der Waals surface area contributed by atoms with E-state index >= 15 is 0 Å². The molecule has 0 aliphatic rings. The van der Waals surface area contributed by atoms with Gasteiger partial charge in [-0.3, -0.25) is 13.9 Å². The summed E-state index contributed by atoms with van der Waals surface area (Å²) in [5.74, 6) is -2.32. The van der Waals surface area contributed by atoms with E-state index in [1.165, 1.54) is 25.1 Å². The van der Waals surface area contributed by atoms with E-state index in [4.69, 9.17) is 0 Å². The highest BCUT2D eigenvalue weighted by Gasteiger charge is 2.33. The first-order valence-corrected chi connectivity index (χ1v) is 14.1. The molecule has 2 atom stereocenters. The smallest absolute Gasteiger partial charge is 0.264 e. The van der Waals surface area contributed by atoms with Gasteiger partial charge in [-0.15, -0.1) is 0 Å². The molecule has 0 fully saturated rings. The standard InChI is InChI=1S/C29H33F2N3O4S/c1-5-21(3)32-29(36)22(4)33(18-23-8-6-7-9-27(23)31)28(35)19-34(25-14-10-20(2)11-15-25)39(37,38)26-16-12-24(30)13-17-26/h6-17,21-22H,5,18-19H2,1-4H3,(H,32,36)/t21-,22-/m0/s1. The normalized spacial score (nSPS) is 12.9. The zero-order valence-electron chi connectivity index (χ0n) is 22.4. The van der Waals surface area contributed by atoms with Gasteiger partial charge in [0, 0.05) is 18.2 Å². The molecule has 1 N–H and O–H groups in total. The third-order valence-corrected chi connectivity index (χ3v) is 8.26. The SMILES string of the molecule is CC[C@H](C)NC(=O)[C@H](C)N(Cc1ccccc1F)C(=O)CN(c1ccc(C)cc1)S(=O)(=O)c1ccc(F)cc1. The van der Waals surface area contributed by atoms with Gasteiger partial charge in [0.05, 0.1) is 10.6 Å². The van der Waals surface area contributed by atoms with E-state index in [9.17, 15) is 26.8 Å². The molecule has 3 aromatic rings. The van der Waals surface area contributed by atoms with Crippen molar-refractivity contribution in [3.05, 3.63) is 95.6 Å². The van der Waals surface area contributed by atoms with Crippen molar-refractivity contribution < 1.29 is 26.8 Å². The van der Waals surface area contributed by atoms with Gasteiger partial charge >= 0.3 is 0 Å². The molecular formula is C29H33F2N3O4S. The second-order valence-corrected chi connectivity index (χ2v) is 11.3. The van der Waals surface area contributed by atoms with E-state index in [0.29, 0.717) is 6.42 Å². The quantitative estimate of drug-likeness (QED) is 0.367. The summed E-state index contributed by atoms with van der Waals surface area (Å²) in [6, 6.07) is 15.5. The van der Waals surface area contributed by atoms with Crippen molar-refractivity contribution in [2.24, 2.45) is 0 Å². The van der Waals surface area contributed by atoms with Crippen molar-refractivity contribution in [3.8, 4) is 0 Å². The third kappa shape index (κ3) is 7.41. The van der Waals surface area contributed by atoms with Crippen LogP contribution in [0.25, 0.3) is 0 Å². The van der Waals surface area contributed by atoms with Gasteiger partial charge in [0.2, 0.25) is 11.8 Å². The van der Waals surface area contributed by atoms with Crippen LogP contribution in [0.5, 0.6) is 0 Å². The third-order valence-electron chi connectivity index (χ3n) is 6.47. The fourth-order valence-electron chi connectivity index (χ4n) is 3.83. The number of carbonyl (C=O) groups excluding carboxylic acids is 2. The molecule has 0 heterocycles. The number of benzene rings is 3. The first-order chi connectivity index (χ1) is 18.4. The zero-order chi connectivity index (χ0) is 28.7. The lowest BCUT2D eigenvalue weighted by Crippen LogP contribution is -2.52. The van der Waals surface area contributed by atoms with Gasteiger partial charge in [-0.1, -0.05) is 42.8 Å². The molecule has 0 radical (unpaired) electrons. The van der Waals surface area contributed by atoms with Gasteiger partial charge < -0.3 is 10.2 Å². The van der Waals surface area contributed by atoms with Crippen LogP contribution in [0.15, 0.2) is 77.7 Å². The van der Waals surface area contributed by atoms with Crippen molar-refractivity contribution >= 4 is 27.5 Å². The van der Waals surface area contributed by atoms with Crippen LogP contribution < -0.4 is 9.62 Å². The Kier molecular flexibility index (Phi) is 9.80. The molecule has 3 aromatic carbocycles. The maximum Gasteiger partial charge on any atom is 0.264 e. The monoisotopic (exact) mass is 557 g/mol. The molecule has 0 saturated heterocycles. The Balaban J connectivity index is 2.03. The summed E-state index contributed by atoms with van der Waals surface area (Å²) in [5, 5.41) is 2.82. The van der Waals surface area contributed by atoms with Crippen molar-refractivity contribution in [1.29, 1.82) is 0 Å². The van der Waals surface area contributed by atoms with E-state index in [1.54, 1.807) is 30.3 Å². The van der Waals surface area contributed by atoms with Gasteiger partial charge in [0.15, 0.2) is 0 Å². The van der Waals surface area contributed by atoms with Crippen LogP contribution in [0.3, 0.4) is 0 Å². The Morgan fingerprint density at radius 3 is 2.13 bits per heavy atom. The predicted molar refractivity (Wildman–Crippen MR) is 146 cm³/mol. The number of aryl methyl sites for hydroxylation is 1. The molecule has 10 heteroatoms. The lowest BCUT2D eigenvalue weighted by Gasteiger charge is -2.32. The molecular weight excluding hydrogens is 524 g/mol. The van der Waals surface area contributed by atoms with Gasteiger partial charge in [0.25, 0.3) is 10.0 Å². The number of carbonyl (C=O) groups is 2. The minimum Gasteiger partial charge on any atom is -0.352 e. The fourth-order valence-corrected chi connectivity index (χ4v) is 5.25. The molecule has 3 rings (SSSR count). The first-order valence-electron chi connectivity index (χ1n) is 12.6. The number of nitrogens with zero attached hydrogens (tertiary/aromatic N) is 2. The van der Waals surface area contributed by atoms with Crippen molar-refractivity contribution in [2.75, 3.05) is 10.8 Å². The van der Waals surface area contributed by atoms with Crippen LogP contribution in [0, 0.1) is 18.6 Å². The Hall–Kier alpha value is -3.79. The van der Waals surface area contributed by atoms with Gasteiger partial charge in [-0.2, -0.15) is 0 Å². The molecule has 7 nitrogen and oxygen atoms in total. The second kappa shape index (κ2) is 12.8. The zero-order valence-corrected chi connectivity index (χ0v) is 23.2. The maximum atomic E-state index is 14.6. The summed E-state index contributed by atoms with van der Waals surface area (Å²) < 4.78 is 56.4. The Labute approximate surface area is 228 Å². The molecule has 0 spiro atoms. The van der Waals surface area contributed by atoms with Crippen LogP contribution in [-0.2, 0) is 26.2 Å². The summed E-state index contributed by atoms with van der Waals surface area (Å²) in [6.07, 6.45) is 0.664. The van der Waals surface area contributed by atoms with Crippen LogP contribution in [0.1, 0.15) is 38.3 Å². The number of nitrogens with one attached hydrogen (secondary N) is 1. The molecule has 208 valence electrons. The second-order valence-electron chi connectivity index (χ2n) is 9.41. The molecule has 2 amide bonds. The number of rotatable bonds is 11. The maximum absolute atomic E-state index is 14.6. The molecule has 0 aromatic heterocycles. The van der Waals surface area contributed by atoms with Crippen molar-refractivity contribution in [3.63, 3.8) is 0 Å². The summed E-state index contributed by atoms with van der Waals surface area (Å²) in [5.41, 5.74) is 1.26. The Morgan fingerprint density at radius 1 is 0.923 bits per heavy atom. The van der Waals surface area contributed by atoms with E-state index in [0.717, 1.165) is 39.0 Å². The number of halogens is 2. The van der Waals surface area contributed by atoms with Crippen LogP contribution in [0.2, 0.25) is 0 Å². The molecule has 0 aliphatic heterocycles. The number of anilines is 1. The minimum absolute atomic E-state index is 0.159. The summed E-state index contributed by atoms with van der Waals surface area (Å²) >= 11 is 0. The lowest BCUT2D eigenvalue weighted by atomic mass is 10.1. The first kappa shape index (κ1) is 29.8. The summed E-state index contributed by atoms with van der Waals surface area (Å²) in [4.78, 5) is 27.8. The van der Waals surface area contributed by atoms with Gasteiger partial charge in [-0.25, -0.2) is 17.2 Å². The van der Waals surface area contributed by atoms with E-state index < -0.39 is 46.1 Å². The van der Waals surface area contributed by atoms with Crippen LogP contribution in [0.4, 0.5) is 14.5 Å². The van der Waals surface area contributed by atoms with Crippen molar-refractivity contribution in [1.82, 2.24) is 10.2 Å². The molecule has 39 heavy (non-hydrogen) atoms. The highest BCUT2D eigenvalue weighted by Crippen LogP contribution is 2.25. The Bertz CT molecular complexity index is 1400. The molecule has 0 aliphatic carbocycles. The number of amides is 2. The minimum atomic E-state index is -4.32.